The largest absolute Gasteiger partial charge is 0.460 e. The molecule has 252 valence electrons. The lowest BCUT2D eigenvalue weighted by atomic mass is 9.70. The number of ether oxygens (including phenoxy) is 2. The lowest BCUT2D eigenvalue weighted by molar-refractivity contribution is -0.159. The average Bonchev–Trinajstić information content (AvgIpc) is 3.60. The smallest absolute Gasteiger partial charge is 0.312 e. The van der Waals surface area contributed by atoms with Crippen LogP contribution in [0, 0.1) is 24.7 Å². The minimum absolute atomic E-state index is 0.0956. The maximum atomic E-state index is 14.9. The number of amides is 3. The van der Waals surface area contributed by atoms with Gasteiger partial charge in [-0.05, 0) is 50.7 Å². The van der Waals surface area contributed by atoms with Crippen LogP contribution in [0.5, 0.6) is 0 Å². The molecular formula is C34H45BrClN3O7. The standard InChI is InChI=1S/C34H45BrClN3O7/c1-7-9-13-25(41)37-17-21(6)45-33(44)26-27-31(42)39(22(18-40)15-19(3)4)30(34(27)16-23(35)29(26)46-34)32(43)38(14-8-2)28-20(5)11-10-12-24(28)36/h7-8,10-12,19,21-23,26-27,29-30,40H,1-2,9,13-18H2,3-6H3,(H,37,41)/t21-,22+,23?,26-,27+,29-,30-,34+/m0/s1. The van der Waals surface area contributed by atoms with Gasteiger partial charge < -0.3 is 29.7 Å². The number of allylic oxidation sites excluding steroid dienone is 1. The third-order valence-corrected chi connectivity index (χ3v) is 10.2. The molecule has 8 atom stereocenters. The fourth-order valence-electron chi connectivity index (χ4n) is 7.26. The highest BCUT2D eigenvalue weighted by atomic mass is 79.9. The first-order valence-corrected chi connectivity index (χ1v) is 17.1. The van der Waals surface area contributed by atoms with Gasteiger partial charge in [0.05, 0.1) is 47.8 Å². The molecule has 10 nitrogen and oxygen atoms in total. The number of carbonyl (C=O) groups is 4. The van der Waals surface area contributed by atoms with E-state index in [2.05, 4.69) is 34.4 Å². The molecule has 1 aromatic carbocycles. The van der Waals surface area contributed by atoms with Crippen LogP contribution >= 0.6 is 27.5 Å². The summed E-state index contributed by atoms with van der Waals surface area (Å²) >= 11 is 10.3. The molecule has 3 amide bonds. The molecule has 0 aromatic heterocycles. The number of esters is 1. The summed E-state index contributed by atoms with van der Waals surface area (Å²) in [6.45, 7) is 14.8. The maximum Gasteiger partial charge on any atom is 0.312 e. The van der Waals surface area contributed by atoms with E-state index in [1.165, 1.54) is 9.80 Å². The molecule has 3 saturated heterocycles. The van der Waals surface area contributed by atoms with Crippen molar-refractivity contribution in [2.75, 3.05) is 24.6 Å². The van der Waals surface area contributed by atoms with Gasteiger partial charge in [0.1, 0.15) is 17.7 Å². The van der Waals surface area contributed by atoms with Crippen molar-refractivity contribution in [2.24, 2.45) is 17.8 Å². The Balaban J connectivity index is 1.73. The number of para-hydroxylation sites is 1. The summed E-state index contributed by atoms with van der Waals surface area (Å²) in [5.74, 6) is -3.60. The highest BCUT2D eigenvalue weighted by Crippen LogP contribution is 2.61. The summed E-state index contributed by atoms with van der Waals surface area (Å²) in [6, 6.07) is 3.49. The average molecular weight is 723 g/mol. The summed E-state index contributed by atoms with van der Waals surface area (Å²) in [7, 11) is 0. The van der Waals surface area contributed by atoms with E-state index in [4.69, 9.17) is 21.1 Å². The van der Waals surface area contributed by atoms with Crippen LogP contribution in [0.2, 0.25) is 5.02 Å². The van der Waals surface area contributed by atoms with E-state index in [-0.39, 0.29) is 42.8 Å². The Labute approximate surface area is 284 Å². The van der Waals surface area contributed by atoms with Crippen LogP contribution in [0.4, 0.5) is 5.69 Å². The molecule has 3 aliphatic heterocycles. The number of alkyl halides is 1. The van der Waals surface area contributed by atoms with Gasteiger partial charge in [0.15, 0.2) is 0 Å². The van der Waals surface area contributed by atoms with Crippen LogP contribution < -0.4 is 10.2 Å². The number of nitrogens with one attached hydrogen (secondary N) is 1. The predicted octanol–water partition coefficient (Wildman–Crippen LogP) is 4.34. The number of nitrogens with zero attached hydrogens (tertiary/aromatic N) is 2. The number of aliphatic hydroxyl groups is 1. The molecule has 0 radical (unpaired) electrons. The Morgan fingerprint density at radius 1 is 1.28 bits per heavy atom. The molecule has 1 spiro atoms. The number of anilines is 1. The molecule has 0 aliphatic carbocycles. The van der Waals surface area contributed by atoms with Crippen LogP contribution in [-0.2, 0) is 28.7 Å². The maximum absolute atomic E-state index is 14.9. The molecule has 0 saturated carbocycles. The second-order valence-corrected chi connectivity index (χ2v) is 14.5. The van der Waals surface area contributed by atoms with Crippen molar-refractivity contribution in [3.05, 3.63) is 54.1 Å². The van der Waals surface area contributed by atoms with Crippen molar-refractivity contribution in [3.8, 4) is 0 Å². The number of benzene rings is 1. The predicted molar refractivity (Wildman–Crippen MR) is 180 cm³/mol. The SMILES string of the molecule is C=CCCC(=O)NC[C@H](C)OC(=O)[C@@H]1[C@H]2O[C@@]3(CC2Br)[C@H](C(=O)N(CC=C)c2c(C)cccc2Cl)N([C@@H](CO)CC(C)C)C(=O)[C@@H]13. The van der Waals surface area contributed by atoms with E-state index in [0.29, 0.717) is 30.0 Å². The van der Waals surface area contributed by atoms with E-state index in [0.717, 1.165) is 5.56 Å². The van der Waals surface area contributed by atoms with Crippen LogP contribution in [0.25, 0.3) is 0 Å². The molecule has 4 rings (SSSR count). The zero-order valence-electron chi connectivity index (χ0n) is 26.9. The van der Waals surface area contributed by atoms with Gasteiger partial charge in [0.25, 0.3) is 5.91 Å². The van der Waals surface area contributed by atoms with E-state index in [1.807, 2.05) is 26.8 Å². The number of halogens is 2. The van der Waals surface area contributed by atoms with Gasteiger partial charge in [-0.2, -0.15) is 0 Å². The number of fused-ring (bicyclic) bond motifs is 1. The Kier molecular flexibility index (Phi) is 11.8. The first-order chi connectivity index (χ1) is 21.8. The van der Waals surface area contributed by atoms with Crippen LogP contribution in [0.15, 0.2) is 43.5 Å². The van der Waals surface area contributed by atoms with Crippen molar-refractivity contribution < 1.29 is 33.8 Å². The van der Waals surface area contributed by atoms with Crippen molar-refractivity contribution in [1.29, 1.82) is 0 Å². The Morgan fingerprint density at radius 3 is 2.61 bits per heavy atom. The molecule has 1 unspecified atom stereocenters. The number of carbonyl (C=O) groups excluding carboxylic acids is 4. The van der Waals surface area contributed by atoms with Gasteiger partial charge in [0.2, 0.25) is 11.8 Å². The number of aryl methyl sites for hydroxylation is 1. The zero-order chi connectivity index (χ0) is 33.9. The van der Waals surface area contributed by atoms with Gasteiger partial charge in [-0.25, -0.2) is 0 Å². The summed E-state index contributed by atoms with van der Waals surface area (Å²) in [5, 5.41) is 13.7. The minimum atomic E-state index is -1.36. The van der Waals surface area contributed by atoms with Gasteiger partial charge >= 0.3 is 5.97 Å². The molecular weight excluding hydrogens is 678 g/mol. The molecule has 3 fully saturated rings. The molecule has 2 N–H and O–H groups in total. The lowest BCUT2D eigenvalue weighted by Crippen LogP contribution is -2.59. The molecule has 46 heavy (non-hydrogen) atoms. The van der Waals surface area contributed by atoms with E-state index < -0.39 is 59.5 Å². The number of hydrogen-bond acceptors (Lipinski definition) is 7. The lowest BCUT2D eigenvalue weighted by Gasteiger charge is -2.40. The quantitative estimate of drug-likeness (QED) is 0.157. The van der Waals surface area contributed by atoms with Gasteiger partial charge in [-0.1, -0.05) is 65.7 Å². The first kappa shape index (κ1) is 36.1. The normalized spacial score (nSPS) is 27.7. The van der Waals surface area contributed by atoms with Crippen LogP contribution in [-0.4, -0.2) is 88.1 Å². The summed E-state index contributed by atoms with van der Waals surface area (Å²) < 4.78 is 12.4. The van der Waals surface area contributed by atoms with Gasteiger partial charge in [-0.3, -0.25) is 19.2 Å². The van der Waals surface area contributed by atoms with Gasteiger partial charge in [0, 0.05) is 17.8 Å². The van der Waals surface area contributed by atoms with Crippen molar-refractivity contribution in [1.82, 2.24) is 10.2 Å². The van der Waals surface area contributed by atoms with Crippen LogP contribution in [0.3, 0.4) is 0 Å². The van der Waals surface area contributed by atoms with E-state index in [1.54, 1.807) is 31.2 Å². The number of likely N-dealkylation sites (tertiary alicyclic amines) is 1. The molecule has 2 bridgehead atoms. The highest BCUT2D eigenvalue weighted by Gasteiger charge is 2.77. The fraction of sp³-hybridized carbons (Fsp3) is 0.588. The highest BCUT2D eigenvalue weighted by molar-refractivity contribution is 9.09. The Hall–Kier alpha value is -2.73. The Bertz CT molecular complexity index is 1340. The number of aliphatic hydroxyl groups excluding tert-OH is 1. The second kappa shape index (κ2) is 15.0. The number of hydrogen-bond donors (Lipinski definition) is 2. The van der Waals surface area contributed by atoms with Crippen molar-refractivity contribution in [2.45, 2.75) is 88.1 Å². The van der Waals surface area contributed by atoms with Crippen molar-refractivity contribution in [3.63, 3.8) is 0 Å². The number of rotatable bonds is 15. The molecule has 3 aliphatic rings. The summed E-state index contributed by atoms with van der Waals surface area (Å²) in [5.41, 5.74) is -0.109. The Morgan fingerprint density at radius 2 is 2.00 bits per heavy atom. The second-order valence-electron chi connectivity index (χ2n) is 12.9. The van der Waals surface area contributed by atoms with Crippen LogP contribution in [0.1, 0.15) is 52.0 Å². The monoisotopic (exact) mass is 721 g/mol. The van der Waals surface area contributed by atoms with Crippen molar-refractivity contribution >= 4 is 56.9 Å². The molecule has 3 heterocycles. The topological polar surface area (TPSA) is 125 Å². The molecule has 1 aromatic rings. The first-order valence-electron chi connectivity index (χ1n) is 15.8. The van der Waals surface area contributed by atoms with E-state index in [9.17, 15) is 24.3 Å². The summed E-state index contributed by atoms with van der Waals surface area (Å²) in [4.78, 5) is 58.0. The van der Waals surface area contributed by atoms with Gasteiger partial charge in [-0.15, -0.1) is 13.2 Å². The third-order valence-electron chi connectivity index (χ3n) is 9.10. The fourth-order valence-corrected chi connectivity index (χ4v) is 8.53. The van der Waals surface area contributed by atoms with E-state index >= 15 is 0 Å². The molecule has 12 heteroatoms. The zero-order valence-corrected chi connectivity index (χ0v) is 29.3. The minimum Gasteiger partial charge on any atom is -0.460 e. The third kappa shape index (κ3) is 6.79. The summed E-state index contributed by atoms with van der Waals surface area (Å²) in [6.07, 6.45) is 3.38.